The number of amides is 2. The molecule has 0 saturated heterocycles. The smallest absolute Gasteiger partial charge is 0.272 e. The van der Waals surface area contributed by atoms with Crippen molar-refractivity contribution in [2.75, 3.05) is 5.32 Å². The lowest BCUT2D eigenvalue weighted by molar-refractivity contribution is -0.113. The van der Waals surface area contributed by atoms with Crippen molar-refractivity contribution in [1.29, 1.82) is 0 Å². The SMILES string of the molecule is CCCCc1ccc(NC(=O)/C(=C/c2cccs2)NC(=O)c2ccccc2)cc1. The Morgan fingerprint density at radius 2 is 1.72 bits per heavy atom. The summed E-state index contributed by atoms with van der Waals surface area (Å²) in [5, 5.41) is 7.55. The van der Waals surface area contributed by atoms with Crippen molar-refractivity contribution in [2.24, 2.45) is 0 Å². The molecule has 0 bridgehead atoms. The number of rotatable bonds is 8. The molecule has 148 valence electrons. The summed E-state index contributed by atoms with van der Waals surface area (Å²) in [5.41, 5.74) is 2.65. The third-order valence-corrected chi connectivity index (χ3v) is 5.21. The van der Waals surface area contributed by atoms with Crippen LogP contribution in [-0.2, 0) is 11.2 Å². The molecule has 29 heavy (non-hydrogen) atoms. The second kappa shape index (κ2) is 10.4. The average Bonchev–Trinajstić information content (AvgIpc) is 3.26. The molecule has 0 aliphatic rings. The molecule has 1 heterocycles. The summed E-state index contributed by atoms with van der Waals surface area (Å²) in [6.07, 6.45) is 5.01. The number of carbonyl (C=O) groups excluding carboxylic acids is 2. The van der Waals surface area contributed by atoms with E-state index >= 15 is 0 Å². The lowest BCUT2D eigenvalue weighted by Gasteiger charge is -2.11. The van der Waals surface area contributed by atoms with Gasteiger partial charge in [-0.1, -0.05) is 49.7 Å². The Morgan fingerprint density at radius 1 is 0.966 bits per heavy atom. The molecule has 3 aromatic rings. The van der Waals surface area contributed by atoms with Crippen LogP contribution in [0, 0.1) is 0 Å². The van der Waals surface area contributed by atoms with Gasteiger partial charge in [0.2, 0.25) is 0 Å². The minimum atomic E-state index is -0.357. The molecule has 0 radical (unpaired) electrons. The van der Waals surface area contributed by atoms with Crippen molar-refractivity contribution in [3.63, 3.8) is 0 Å². The van der Waals surface area contributed by atoms with E-state index in [1.807, 2.05) is 47.8 Å². The van der Waals surface area contributed by atoms with E-state index < -0.39 is 0 Å². The van der Waals surface area contributed by atoms with Gasteiger partial charge in [-0.3, -0.25) is 9.59 Å². The van der Waals surface area contributed by atoms with Crippen LogP contribution in [-0.4, -0.2) is 11.8 Å². The number of nitrogens with one attached hydrogen (secondary N) is 2. The number of hydrogen-bond donors (Lipinski definition) is 2. The zero-order valence-corrected chi connectivity index (χ0v) is 17.2. The third kappa shape index (κ3) is 6.16. The average molecular weight is 405 g/mol. The molecule has 3 rings (SSSR count). The van der Waals surface area contributed by atoms with Crippen LogP contribution < -0.4 is 10.6 Å². The molecule has 4 nitrogen and oxygen atoms in total. The minimum Gasteiger partial charge on any atom is -0.321 e. The maximum Gasteiger partial charge on any atom is 0.272 e. The summed E-state index contributed by atoms with van der Waals surface area (Å²) in [6.45, 7) is 2.17. The molecule has 0 atom stereocenters. The first-order valence-electron chi connectivity index (χ1n) is 9.67. The second-order valence-corrected chi connectivity index (χ2v) is 7.63. The molecule has 0 spiro atoms. The Labute approximate surface area is 175 Å². The maximum atomic E-state index is 12.9. The molecule has 5 heteroatoms. The number of anilines is 1. The van der Waals surface area contributed by atoms with Gasteiger partial charge in [-0.25, -0.2) is 0 Å². The van der Waals surface area contributed by atoms with Crippen molar-refractivity contribution in [3.05, 3.63) is 93.8 Å². The fourth-order valence-electron chi connectivity index (χ4n) is 2.79. The second-order valence-electron chi connectivity index (χ2n) is 6.65. The Hall–Kier alpha value is -3.18. The molecule has 2 aromatic carbocycles. The fraction of sp³-hybridized carbons (Fsp3) is 0.167. The van der Waals surface area contributed by atoms with E-state index in [2.05, 4.69) is 17.6 Å². The first-order valence-corrected chi connectivity index (χ1v) is 10.6. The van der Waals surface area contributed by atoms with Crippen LogP contribution in [0.2, 0.25) is 0 Å². The Balaban J connectivity index is 1.75. The normalized spacial score (nSPS) is 11.1. The van der Waals surface area contributed by atoms with Crippen LogP contribution in [0.5, 0.6) is 0 Å². The number of unbranched alkanes of at least 4 members (excludes halogenated alkanes) is 1. The topological polar surface area (TPSA) is 58.2 Å². The summed E-state index contributed by atoms with van der Waals surface area (Å²) < 4.78 is 0. The number of carbonyl (C=O) groups is 2. The number of hydrogen-bond acceptors (Lipinski definition) is 3. The van der Waals surface area contributed by atoms with Crippen LogP contribution in [0.25, 0.3) is 6.08 Å². The molecular weight excluding hydrogens is 380 g/mol. The van der Waals surface area contributed by atoms with Gasteiger partial charge in [0.15, 0.2) is 0 Å². The van der Waals surface area contributed by atoms with E-state index in [4.69, 9.17) is 0 Å². The van der Waals surface area contributed by atoms with E-state index in [1.165, 1.54) is 16.9 Å². The molecule has 0 unspecified atom stereocenters. The molecule has 0 fully saturated rings. The maximum absolute atomic E-state index is 12.9. The van der Waals surface area contributed by atoms with Crippen LogP contribution in [0.3, 0.4) is 0 Å². The van der Waals surface area contributed by atoms with Gasteiger partial charge in [-0.2, -0.15) is 0 Å². The fourth-order valence-corrected chi connectivity index (χ4v) is 3.45. The zero-order valence-electron chi connectivity index (χ0n) is 16.4. The van der Waals surface area contributed by atoms with Crippen molar-refractivity contribution in [1.82, 2.24) is 5.32 Å². The van der Waals surface area contributed by atoms with Gasteiger partial charge in [-0.15, -0.1) is 11.3 Å². The first-order chi connectivity index (χ1) is 14.2. The molecule has 1 aromatic heterocycles. The standard InChI is InChI=1S/C24H24N2O2S/c1-2-3-8-18-12-14-20(15-13-18)25-24(28)22(17-21-11-7-16-29-21)26-23(27)19-9-5-4-6-10-19/h4-7,9-17H,2-3,8H2,1H3,(H,25,28)(H,26,27)/b22-17-. The van der Waals surface area contributed by atoms with Crippen LogP contribution in [0.15, 0.2) is 77.8 Å². The quantitative estimate of drug-likeness (QED) is 0.487. The van der Waals surface area contributed by atoms with Crippen LogP contribution in [0.1, 0.15) is 40.6 Å². The highest BCUT2D eigenvalue weighted by atomic mass is 32.1. The highest BCUT2D eigenvalue weighted by Crippen LogP contribution is 2.16. The molecule has 2 amide bonds. The Kier molecular flexibility index (Phi) is 7.36. The monoisotopic (exact) mass is 404 g/mol. The largest absolute Gasteiger partial charge is 0.321 e. The lowest BCUT2D eigenvalue weighted by atomic mass is 10.1. The summed E-state index contributed by atoms with van der Waals surface area (Å²) in [4.78, 5) is 26.3. The van der Waals surface area contributed by atoms with Gasteiger partial charge >= 0.3 is 0 Å². The highest BCUT2D eigenvalue weighted by Gasteiger charge is 2.15. The molecule has 0 aliphatic heterocycles. The van der Waals surface area contributed by atoms with Crippen LogP contribution >= 0.6 is 11.3 Å². The van der Waals surface area contributed by atoms with Gasteiger partial charge < -0.3 is 10.6 Å². The molecule has 0 saturated carbocycles. The molecular formula is C24H24N2O2S. The first kappa shape index (κ1) is 20.6. The molecule has 2 N–H and O–H groups in total. The summed E-state index contributed by atoms with van der Waals surface area (Å²) in [5.74, 6) is -0.678. The van der Waals surface area contributed by atoms with Gasteiger partial charge in [0.25, 0.3) is 11.8 Å². The Bertz CT molecular complexity index is 962. The minimum absolute atomic E-state index is 0.205. The predicted molar refractivity (Wildman–Crippen MR) is 120 cm³/mol. The summed E-state index contributed by atoms with van der Waals surface area (Å²) in [6, 6.07) is 20.5. The van der Waals surface area contributed by atoms with Crippen LogP contribution in [0.4, 0.5) is 5.69 Å². The zero-order chi connectivity index (χ0) is 20.5. The van der Waals surface area contributed by atoms with Gasteiger partial charge in [0.1, 0.15) is 5.70 Å². The number of thiophene rings is 1. The van der Waals surface area contributed by atoms with Crippen molar-refractivity contribution in [3.8, 4) is 0 Å². The van der Waals surface area contributed by atoms with E-state index in [9.17, 15) is 9.59 Å². The van der Waals surface area contributed by atoms with E-state index in [-0.39, 0.29) is 17.5 Å². The molecule has 0 aliphatic carbocycles. The van der Waals surface area contributed by atoms with Gasteiger partial charge in [-0.05, 0) is 60.2 Å². The van der Waals surface area contributed by atoms with E-state index in [0.717, 1.165) is 24.1 Å². The van der Waals surface area contributed by atoms with Crippen molar-refractivity contribution < 1.29 is 9.59 Å². The van der Waals surface area contributed by atoms with E-state index in [1.54, 1.807) is 30.3 Å². The number of benzene rings is 2. The van der Waals surface area contributed by atoms with E-state index in [0.29, 0.717) is 11.3 Å². The van der Waals surface area contributed by atoms with Crippen molar-refractivity contribution >= 4 is 34.9 Å². The van der Waals surface area contributed by atoms with Crippen molar-refractivity contribution in [2.45, 2.75) is 26.2 Å². The summed E-state index contributed by atoms with van der Waals surface area (Å²) in [7, 11) is 0. The Morgan fingerprint density at radius 3 is 2.38 bits per heavy atom. The third-order valence-electron chi connectivity index (χ3n) is 4.39. The van der Waals surface area contributed by atoms with Gasteiger partial charge in [0, 0.05) is 16.1 Å². The highest BCUT2D eigenvalue weighted by molar-refractivity contribution is 7.10. The predicted octanol–water partition coefficient (Wildman–Crippen LogP) is 5.50. The summed E-state index contributed by atoms with van der Waals surface area (Å²) >= 11 is 1.50. The lowest BCUT2D eigenvalue weighted by Crippen LogP contribution is -2.30. The number of aryl methyl sites for hydroxylation is 1. The van der Waals surface area contributed by atoms with Gasteiger partial charge in [0.05, 0.1) is 0 Å².